The Hall–Kier alpha value is -2.99. The number of H-pyrrole nitrogens is 1. The number of nitrogens with one attached hydrogen (secondary N) is 1. The van der Waals surface area contributed by atoms with E-state index in [0.29, 0.717) is 12.8 Å². The number of para-hydroxylation sites is 1. The predicted octanol–water partition coefficient (Wildman–Crippen LogP) is 4.36. The van der Waals surface area contributed by atoms with Crippen molar-refractivity contribution < 1.29 is 9.53 Å². The van der Waals surface area contributed by atoms with Crippen molar-refractivity contribution in [2.24, 2.45) is 0 Å². The van der Waals surface area contributed by atoms with Crippen molar-refractivity contribution in [1.29, 1.82) is 0 Å². The number of ether oxygens (including phenoxy) is 1. The Morgan fingerprint density at radius 3 is 2.92 bits per heavy atom. The number of pyridine rings is 1. The largest absolute Gasteiger partial charge is 0.459 e. The highest BCUT2D eigenvalue weighted by Gasteiger charge is 2.10. The third kappa shape index (κ3) is 3.65. The summed E-state index contributed by atoms with van der Waals surface area (Å²) < 4.78 is 5.36. The zero-order chi connectivity index (χ0) is 17.8. The molecular weight excluding hydrogens is 346 g/mol. The number of carbonyl (C=O) groups excluding carboxylic acids is 1. The maximum atomic E-state index is 12.1. The van der Waals surface area contributed by atoms with Crippen LogP contribution in [0.3, 0.4) is 0 Å². The van der Waals surface area contributed by atoms with E-state index in [1.165, 1.54) is 11.3 Å². The van der Waals surface area contributed by atoms with Crippen LogP contribution in [0.15, 0.2) is 60.2 Å². The van der Waals surface area contributed by atoms with E-state index in [1.54, 1.807) is 6.20 Å². The van der Waals surface area contributed by atoms with Gasteiger partial charge in [0.1, 0.15) is 11.6 Å². The molecule has 0 aliphatic carbocycles. The minimum Gasteiger partial charge on any atom is -0.459 e. The predicted molar refractivity (Wildman–Crippen MR) is 102 cm³/mol. The molecule has 0 aliphatic rings. The van der Waals surface area contributed by atoms with Crippen LogP contribution in [0.1, 0.15) is 17.7 Å². The second-order valence-electron chi connectivity index (χ2n) is 5.88. The van der Waals surface area contributed by atoms with Crippen LogP contribution in [0.5, 0.6) is 0 Å². The molecule has 0 unspecified atom stereocenters. The normalized spacial score (nSPS) is 10.9. The van der Waals surface area contributed by atoms with Crippen molar-refractivity contribution in [3.8, 4) is 10.7 Å². The van der Waals surface area contributed by atoms with E-state index in [0.717, 1.165) is 32.9 Å². The first-order valence-electron chi connectivity index (χ1n) is 8.36. The summed E-state index contributed by atoms with van der Waals surface area (Å²) in [4.78, 5) is 24.0. The first-order valence-corrected chi connectivity index (χ1v) is 9.24. The summed E-state index contributed by atoms with van der Waals surface area (Å²) in [5, 5.41) is 3.88. The topological polar surface area (TPSA) is 67.9 Å². The van der Waals surface area contributed by atoms with Crippen molar-refractivity contribution >= 4 is 28.2 Å². The molecular formula is C20H17N3O2S. The Balaban J connectivity index is 1.31. The third-order valence-electron chi connectivity index (χ3n) is 4.09. The van der Waals surface area contributed by atoms with Gasteiger partial charge in [0.25, 0.3) is 0 Å². The molecule has 0 spiro atoms. The molecule has 1 aromatic carbocycles. The number of fused-ring (bicyclic) bond motifs is 1. The number of aromatic amines is 1. The van der Waals surface area contributed by atoms with E-state index in [4.69, 9.17) is 4.74 Å². The molecule has 0 bridgehead atoms. The van der Waals surface area contributed by atoms with Crippen molar-refractivity contribution in [3.63, 3.8) is 0 Å². The number of benzene rings is 1. The Kier molecular flexibility index (Phi) is 4.75. The molecule has 26 heavy (non-hydrogen) atoms. The number of aryl methyl sites for hydroxylation is 1. The average Bonchev–Trinajstić information content (AvgIpc) is 3.33. The Labute approximate surface area is 154 Å². The van der Waals surface area contributed by atoms with Gasteiger partial charge in [-0.2, -0.15) is 0 Å². The summed E-state index contributed by atoms with van der Waals surface area (Å²) in [6.45, 7) is 0.191. The lowest BCUT2D eigenvalue weighted by atomic mass is 10.1. The van der Waals surface area contributed by atoms with Crippen LogP contribution in [0.2, 0.25) is 0 Å². The fraction of sp³-hybridized carbons (Fsp3) is 0.150. The number of carbonyl (C=O) groups is 1. The molecule has 0 atom stereocenters. The number of rotatable bonds is 6. The Morgan fingerprint density at radius 1 is 1.15 bits per heavy atom. The van der Waals surface area contributed by atoms with Crippen LogP contribution in [-0.4, -0.2) is 20.9 Å². The van der Waals surface area contributed by atoms with Gasteiger partial charge in [-0.05, 0) is 30.2 Å². The lowest BCUT2D eigenvalue weighted by molar-refractivity contribution is -0.145. The lowest BCUT2D eigenvalue weighted by Gasteiger charge is -2.03. The lowest BCUT2D eigenvalue weighted by Crippen LogP contribution is -2.06. The highest BCUT2D eigenvalue weighted by Crippen LogP contribution is 2.22. The van der Waals surface area contributed by atoms with Crippen LogP contribution in [0, 0.1) is 0 Å². The Morgan fingerprint density at radius 2 is 2.04 bits per heavy atom. The molecule has 0 saturated heterocycles. The molecule has 0 amide bonds. The zero-order valence-electron chi connectivity index (χ0n) is 14.0. The zero-order valence-corrected chi connectivity index (χ0v) is 14.8. The van der Waals surface area contributed by atoms with Gasteiger partial charge in [0.2, 0.25) is 0 Å². The summed E-state index contributed by atoms with van der Waals surface area (Å²) in [7, 11) is 0. The SMILES string of the molecule is O=C(CCc1c[nH]c2ccccc12)OCc1csc(-c2ccccn2)n1. The summed E-state index contributed by atoms with van der Waals surface area (Å²) in [5.74, 6) is -0.220. The fourth-order valence-electron chi connectivity index (χ4n) is 2.78. The first kappa shape index (κ1) is 16.5. The minimum absolute atomic E-state index is 0.191. The standard InChI is InChI=1S/C20H17N3O2S/c24-19(9-8-14-11-22-17-6-2-1-5-16(14)17)25-12-15-13-26-20(23-15)18-7-3-4-10-21-18/h1-7,10-11,13,22H,8-9,12H2. The van der Waals surface area contributed by atoms with E-state index in [9.17, 15) is 4.79 Å². The number of nitrogens with zero attached hydrogens (tertiary/aromatic N) is 2. The fourth-order valence-corrected chi connectivity index (χ4v) is 3.56. The summed E-state index contributed by atoms with van der Waals surface area (Å²) in [5.41, 5.74) is 3.79. The third-order valence-corrected chi connectivity index (χ3v) is 5.00. The van der Waals surface area contributed by atoms with Gasteiger partial charge in [-0.25, -0.2) is 4.98 Å². The highest BCUT2D eigenvalue weighted by molar-refractivity contribution is 7.13. The van der Waals surface area contributed by atoms with E-state index in [-0.39, 0.29) is 12.6 Å². The molecule has 1 N–H and O–H groups in total. The number of esters is 1. The average molecular weight is 363 g/mol. The molecule has 3 aromatic heterocycles. The van der Waals surface area contributed by atoms with Gasteiger partial charge in [0.05, 0.1) is 11.4 Å². The van der Waals surface area contributed by atoms with Crippen molar-refractivity contribution in [1.82, 2.24) is 15.0 Å². The van der Waals surface area contributed by atoms with Crippen LogP contribution >= 0.6 is 11.3 Å². The summed E-state index contributed by atoms with van der Waals surface area (Å²) >= 11 is 1.50. The maximum Gasteiger partial charge on any atom is 0.306 e. The number of hydrogen-bond acceptors (Lipinski definition) is 5. The molecule has 3 heterocycles. The van der Waals surface area contributed by atoms with Gasteiger partial charge >= 0.3 is 5.97 Å². The summed E-state index contributed by atoms with van der Waals surface area (Å²) in [6, 6.07) is 13.8. The smallest absolute Gasteiger partial charge is 0.306 e. The molecule has 6 heteroatoms. The van der Waals surface area contributed by atoms with Crippen LogP contribution in [0.4, 0.5) is 0 Å². The van der Waals surface area contributed by atoms with Crippen LogP contribution < -0.4 is 0 Å². The molecule has 4 rings (SSSR count). The van der Waals surface area contributed by atoms with Crippen LogP contribution in [-0.2, 0) is 22.6 Å². The second-order valence-corrected chi connectivity index (χ2v) is 6.74. The van der Waals surface area contributed by atoms with E-state index >= 15 is 0 Å². The van der Waals surface area contributed by atoms with E-state index in [1.807, 2.05) is 48.0 Å². The van der Waals surface area contributed by atoms with Gasteiger partial charge in [0, 0.05) is 35.1 Å². The summed E-state index contributed by atoms with van der Waals surface area (Å²) in [6.07, 6.45) is 4.69. The minimum atomic E-state index is -0.220. The number of hydrogen-bond donors (Lipinski definition) is 1. The molecule has 5 nitrogen and oxygen atoms in total. The second kappa shape index (κ2) is 7.49. The van der Waals surface area contributed by atoms with E-state index in [2.05, 4.69) is 21.0 Å². The van der Waals surface area contributed by atoms with Gasteiger partial charge < -0.3 is 9.72 Å². The number of aromatic nitrogens is 3. The Bertz CT molecular complexity index is 1020. The van der Waals surface area contributed by atoms with Gasteiger partial charge in [-0.1, -0.05) is 24.3 Å². The van der Waals surface area contributed by atoms with Gasteiger partial charge in [0.15, 0.2) is 0 Å². The van der Waals surface area contributed by atoms with Crippen molar-refractivity contribution in [2.75, 3.05) is 0 Å². The van der Waals surface area contributed by atoms with E-state index < -0.39 is 0 Å². The molecule has 4 aromatic rings. The van der Waals surface area contributed by atoms with Gasteiger partial charge in [-0.15, -0.1) is 11.3 Å². The molecule has 0 radical (unpaired) electrons. The molecule has 0 aliphatic heterocycles. The van der Waals surface area contributed by atoms with Crippen LogP contribution in [0.25, 0.3) is 21.6 Å². The monoisotopic (exact) mass is 363 g/mol. The van der Waals surface area contributed by atoms with Crippen molar-refractivity contribution in [2.45, 2.75) is 19.4 Å². The van der Waals surface area contributed by atoms with Gasteiger partial charge in [-0.3, -0.25) is 9.78 Å². The molecule has 130 valence electrons. The highest BCUT2D eigenvalue weighted by atomic mass is 32.1. The van der Waals surface area contributed by atoms with Crippen molar-refractivity contribution in [3.05, 3.63) is 71.5 Å². The molecule has 0 fully saturated rings. The number of thiazole rings is 1. The maximum absolute atomic E-state index is 12.1. The first-order chi connectivity index (χ1) is 12.8. The molecule has 0 saturated carbocycles. The quantitative estimate of drug-likeness (QED) is 0.517.